The predicted octanol–water partition coefficient (Wildman–Crippen LogP) is 1.21. The van der Waals surface area contributed by atoms with Crippen LogP contribution in [0.3, 0.4) is 0 Å². The zero-order chi connectivity index (χ0) is 12.3. The third kappa shape index (κ3) is 2.85. The van der Waals surface area contributed by atoms with Gasteiger partial charge in [-0.1, -0.05) is 0 Å². The molecule has 1 aliphatic rings. The van der Waals surface area contributed by atoms with Crippen molar-refractivity contribution in [1.82, 2.24) is 14.9 Å². The van der Waals surface area contributed by atoms with E-state index in [9.17, 15) is 4.79 Å². The molecule has 1 aromatic rings. The lowest BCUT2D eigenvalue weighted by Crippen LogP contribution is -2.34. The van der Waals surface area contributed by atoms with E-state index in [4.69, 9.17) is 16.3 Å². The van der Waals surface area contributed by atoms with E-state index in [0.717, 1.165) is 12.8 Å². The molecule has 92 valence electrons. The van der Waals surface area contributed by atoms with Crippen molar-refractivity contribution in [2.45, 2.75) is 25.4 Å². The van der Waals surface area contributed by atoms with Crippen LogP contribution in [0.4, 0.5) is 0 Å². The van der Waals surface area contributed by atoms with Crippen LogP contribution in [-0.4, -0.2) is 39.8 Å². The number of nitrogens with zero attached hydrogens (tertiary/aromatic N) is 3. The minimum Gasteiger partial charge on any atom is -0.480 e. The van der Waals surface area contributed by atoms with Crippen LogP contribution in [-0.2, 0) is 11.3 Å². The van der Waals surface area contributed by atoms with E-state index in [1.165, 1.54) is 0 Å². The molecular weight excluding hydrogens is 242 g/mol. The summed E-state index contributed by atoms with van der Waals surface area (Å²) in [6.07, 6.45) is 5.22. The number of carbonyl (C=O) groups is 1. The molecule has 2 rings (SSSR count). The Morgan fingerprint density at radius 1 is 1.53 bits per heavy atom. The molecule has 0 unspecified atom stereocenters. The lowest BCUT2D eigenvalue weighted by atomic mass is 10.3. The topological polar surface area (TPSA) is 55.3 Å². The van der Waals surface area contributed by atoms with Crippen molar-refractivity contribution in [1.29, 1.82) is 0 Å². The second kappa shape index (κ2) is 5.31. The molecule has 1 saturated carbocycles. The number of hydrogen-bond donors (Lipinski definition) is 0. The summed E-state index contributed by atoms with van der Waals surface area (Å²) in [6, 6.07) is 0.299. The van der Waals surface area contributed by atoms with Crippen LogP contribution in [0.1, 0.15) is 18.5 Å². The Balaban J connectivity index is 2.14. The summed E-state index contributed by atoms with van der Waals surface area (Å²) in [6.45, 7) is 0.410. The van der Waals surface area contributed by atoms with E-state index in [-0.39, 0.29) is 11.8 Å². The van der Waals surface area contributed by atoms with E-state index >= 15 is 0 Å². The zero-order valence-electron chi connectivity index (χ0n) is 9.60. The average Bonchev–Trinajstić information content (AvgIpc) is 3.19. The molecule has 0 atom stereocenters. The number of halogens is 1. The van der Waals surface area contributed by atoms with Crippen LogP contribution in [0.5, 0.6) is 5.88 Å². The summed E-state index contributed by atoms with van der Waals surface area (Å²) in [4.78, 5) is 21.7. The number of rotatable bonds is 5. The van der Waals surface area contributed by atoms with Gasteiger partial charge in [-0.15, -0.1) is 11.6 Å². The van der Waals surface area contributed by atoms with Gasteiger partial charge in [0.1, 0.15) is 11.6 Å². The molecule has 1 fully saturated rings. The first kappa shape index (κ1) is 12.1. The summed E-state index contributed by atoms with van der Waals surface area (Å²) in [5.74, 6) is 0.390. The number of amides is 1. The van der Waals surface area contributed by atoms with Gasteiger partial charge in [0.15, 0.2) is 0 Å². The van der Waals surface area contributed by atoms with Crippen molar-refractivity contribution in [3.8, 4) is 5.88 Å². The van der Waals surface area contributed by atoms with Crippen LogP contribution in [0, 0.1) is 0 Å². The van der Waals surface area contributed by atoms with Gasteiger partial charge in [-0.2, -0.15) is 0 Å². The largest absolute Gasteiger partial charge is 0.480 e. The molecule has 0 N–H and O–H groups in total. The van der Waals surface area contributed by atoms with Crippen LogP contribution >= 0.6 is 11.6 Å². The Bertz CT molecular complexity index is 409. The van der Waals surface area contributed by atoms with Crippen molar-refractivity contribution in [3.63, 3.8) is 0 Å². The first-order chi connectivity index (χ1) is 8.26. The molecule has 0 radical (unpaired) electrons. The number of carbonyl (C=O) groups excluding carboxylic acids is 1. The molecular formula is C11H14ClN3O2. The summed E-state index contributed by atoms with van der Waals surface area (Å²) in [7, 11) is 1.54. The third-order valence-corrected chi connectivity index (χ3v) is 2.90. The maximum atomic E-state index is 11.7. The first-order valence-corrected chi connectivity index (χ1v) is 5.99. The van der Waals surface area contributed by atoms with E-state index in [0.29, 0.717) is 24.2 Å². The molecule has 17 heavy (non-hydrogen) atoms. The van der Waals surface area contributed by atoms with Crippen LogP contribution in [0.25, 0.3) is 0 Å². The number of hydrogen-bond acceptors (Lipinski definition) is 4. The maximum absolute atomic E-state index is 11.7. The van der Waals surface area contributed by atoms with E-state index < -0.39 is 0 Å². The Kier molecular flexibility index (Phi) is 3.78. The number of methoxy groups -OCH3 is 1. The molecule has 1 aromatic heterocycles. The van der Waals surface area contributed by atoms with E-state index in [1.54, 1.807) is 24.4 Å². The highest BCUT2D eigenvalue weighted by Crippen LogP contribution is 2.29. The van der Waals surface area contributed by atoms with Gasteiger partial charge in [0.05, 0.1) is 13.7 Å². The Hall–Kier alpha value is -1.36. The van der Waals surface area contributed by atoms with Crippen molar-refractivity contribution in [2.24, 2.45) is 0 Å². The minimum absolute atomic E-state index is 0.000915. The quantitative estimate of drug-likeness (QED) is 0.743. The molecule has 0 aliphatic heterocycles. The highest BCUT2D eigenvalue weighted by Gasteiger charge is 2.32. The fourth-order valence-corrected chi connectivity index (χ4v) is 1.83. The second-order valence-corrected chi connectivity index (χ2v) is 4.17. The van der Waals surface area contributed by atoms with Gasteiger partial charge >= 0.3 is 0 Å². The highest BCUT2D eigenvalue weighted by molar-refractivity contribution is 6.27. The van der Waals surface area contributed by atoms with Crippen molar-refractivity contribution >= 4 is 17.5 Å². The summed E-state index contributed by atoms with van der Waals surface area (Å²) >= 11 is 5.60. The summed E-state index contributed by atoms with van der Waals surface area (Å²) < 4.78 is 5.12. The normalized spacial score (nSPS) is 14.5. The molecule has 0 bridgehead atoms. The molecule has 1 heterocycles. The van der Waals surface area contributed by atoms with Gasteiger partial charge in [-0.3, -0.25) is 9.78 Å². The van der Waals surface area contributed by atoms with Gasteiger partial charge in [0, 0.05) is 18.4 Å². The highest BCUT2D eigenvalue weighted by atomic mass is 35.5. The van der Waals surface area contributed by atoms with E-state index in [2.05, 4.69) is 9.97 Å². The number of aromatic nitrogens is 2. The van der Waals surface area contributed by atoms with Gasteiger partial charge in [-0.05, 0) is 12.8 Å². The lowest BCUT2D eigenvalue weighted by Gasteiger charge is -2.21. The van der Waals surface area contributed by atoms with Crippen molar-refractivity contribution in [3.05, 3.63) is 18.1 Å². The lowest BCUT2D eigenvalue weighted by molar-refractivity contribution is -0.129. The molecule has 5 nitrogen and oxygen atoms in total. The van der Waals surface area contributed by atoms with Gasteiger partial charge < -0.3 is 9.64 Å². The molecule has 6 heteroatoms. The number of ether oxygens (including phenoxy) is 1. The Morgan fingerprint density at radius 3 is 2.82 bits per heavy atom. The van der Waals surface area contributed by atoms with Gasteiger partial charge in [0.25, 0.3) is 0 Å². The van der Waals surface area contributed by atoms with Gasteiger partial charge in [-0.25, -0.2) is 4.98 Å². The standard InChI is InChI=1S/C11H14ClN3O2/c1-17-11-9(13-4-5-14-11)7-15(8-2-3-8)10(16)6-12/h4-5,8H,2-3,6-7H2,1H3. The average molecular weight is 256 g/mol. The third-order valence-electron chi connectivity index (χ3n) is 2.67. The monoisotopic (exact) mass is 255 g/mol. The fraction of sp³-hybridized carbons (Fsp3) is 0.545. The minimum atomic E-state index is -0.0677. The SMILES string of the molecule is COc1nccnc1CN(C(=O)CCl)C1CC1. The molecule has 0 spiro atoms. The van der Waals surface area contributed by atoms with Crippen molar-refractivity contribution in [2.75, 3.05) is 13.0 Å². The molecule has 0 aromatic carbocycles. The summed E-state index contributed by atoms with van der Waals surface area (Å²) in [5, 5.41) is 0. The Morgan fingerprint density at radius 2 is 2.24 bits per heavy atom. The van der Waals surface area contributed by atoms with E-state index in [1.807, 2.05) is 0 Å². The first-order valence-electron chi connectivity index (χ1n) is 5.45. The number of alkyl halides is 1. The molecule has 1 amide bonds. The Labute approximate surface area is 105 Å². The van der Waals surface area contributed by atoms with Gasteiger partial charge in [0.2, 0.25) is 11.8 Å². The molecule has 0 saturated heterocycles. The predicted molar refractivity (Wildman–Crippen MR) is 62.9 cm³/mol. The molecule has 1 aliphatic carbocycles. The summed E-state index contributed by atoms with van der Waals surface area (Å²) in [5.41, 5.74) is 0.667. The maximum Gasteiger partial charge on any atom is 0.238 e. The zero-order valence-corrected chi connectivity index (χ0v) is 10.4. The fourth-order valence-electron chi connectivity index (χ4n) is 1.68. The van der Waals surface area contributed by atoms with Crippen LogP contribution in [0.15, 0.2) is 12.4 Å². The second-order valence-electron chi connectivity index (χ2n) is 3.90. The van der Waals surface area contributed by atoms with Crippen LogP contribution < -0.4 is 4.74 Å². The van der Waals surface area contributed by atoms with Crippen molar-refractivity contribution < 1.29 is 9.53 Å². The van der Waals surface area contributed by atoms with Crippen LogP contribution in [0.2, 0.25) is 0 Å². The smallest absolute Gasteiger partial charge is 0.238 e.